The van der Waals surface area contributed by atoms with E-state index in [1.807, 2.05) is 6.08 Å². The van der Waals surface area contributed by atoms with Gasteiger partial charge in [-0.3, -0.25) is 9.59 Å². The lowest BCUT2D eigenvalue weighted by Crippen LogP contribution is -2.14. The molecule has 0 aromatic heterocycles. The summed E-state index contributed by atoms with van der Waals surface area (Å²) >= 11 is 0. The van der Waals surface area contributed by atoms with Gasteiger partial charge in [-0.1, -0.05) is 57.6 Å². The predicted octanol–water partition coefficient (Wildman–Crippen LogP) is 4.50. The Hall–Kier alpha value is -1.16. The van der Waals surface area contributed by atoms with Crippen LogP contribution in [0.4, 0.5) is 0 Å². The van der Waals surface area contributed by atoms with Crippen LogP contribution in [0.1, 0.15) is 84.0 Å². The van der Waals surface area contributed by atoms with Gasteiger partial charge in [0, 0.05) is 18.8 Å². The number of carboxylic acid groups (broad SMARTS) is 1. The van der Waals surface area contributed by atoms with Gasteiger partial charge in [-0.15, -0.1) is 0 Å². The number of hydrogen-bond donors (Lipinski definition) is 2. The SMILES string of the molecule is CCCCC[C@H](O)/C=C\[C@H]1CCC(=O)[C@@H]1CCCCCCC(=O)O. The molecule has 0 saturated heterocycles. The standard InChI is InChI=1S/C20H34O4/c1-2-3-6-9-17(21)14-12-16-13-15-19(22)18(16)10-7-4-5-8-11-20(23)24/h12,14,16-18,21H,2-11,13,15H2,1H3,(H,23,24)/b14-12-/t16-,17-,18+/m0/s1. The Morgan fingerprint density at radius 1 is 1.21 bits per heavy atom. The van der Waals surface area contributed by atoms with Crippen LogP contribution in [0.15, 0.2) is 12.2 Å². The minimum absolute atomic E-state index is 0.101. The number of rotatable bonds is 13. The third kappa shape index (κ3) is 8.62. The smallest absolute Gasteiger partial charge is 0.303 e. The molecule has 0 amide bonds. The second-order valence-corrected chi connectivity index (χ2v) is 7.07. The number of hydrogen-bond acceptors (Lipinski definition) is 3. The first-order valence-corrected chi connectivity index (χ1v) is 9.65. The summed E-state index contributed by atoms with van der Waals surface area (Å²) in [6.07, 6.45) is 14.0. The van der Waals surface area contributed by atoms with Crippen molar-refractivity contribution in [2.75, 3.05) is 0 Å². The highest BCUT2D eigenvalue weighted by Gasteiger charge is 2.32. The molecule has 1 fully saturated rings. The van der Waals surface area contributed by atoms with E-state index in [2.05, 4.69) is 13.0 Å². The van der Waals surface area contributed by atoms with Gasteiger partial charge in [-0.05, 0) is 31.6 Å². The predicted molar refractivity (Wildman–Crippen MR) is 95.8 cm³/mol. The number of aliphatic carboxylic acids is 1. The van der Waals surface area contributed by atoms with E-state index in [0.717, 1.165) is 64.2 Å². The maximum Gasteiger partial charge on any atom is 0.303 e. The van der Waals surface area contributed by atoms with E-state index in [0.29, 0.717) is 12.2 Å². The van der Waals surface area contributed by atoms with Crippen molar-refractivity contribution >= 4 is 11.8 Å². The molecule has 4 heteroatoms. The lowest BCUT2D eigenvalue weighted by atomic mass is 9.89. The third-order valence-corrected chi connectivity index (χ3v) is 4.99. The average molecular weight is 338 g/mol. The summed E-state index contributed by atoms with van der Waals surface area (Å²) in [6, 6.07) is 0. The van der Waals surface area contributed by atoms with Crippen molar-refractivity contribution in [3.8, 4) is 0 Å². The van der Waals surface area contributed by atoms with Gasteiger partial charge in [-0.2, -0.15) is 0 Å². The first-order valence-electron chi connectivity index (χ1n) is 9.65. The molecule has 0 unspecified atom stereocenters. The van der Waals surface area contributed by atoms with Crippen LogP contribution in [0.3, 0.4) is 0 Å². The minimum Gasteiger partial charge on any atom is -0.481 e. The molecule has 0 bridgehead atoms. The molecule has 0 spiro atoms. The fourth-order valence-corrected chi connectivity index (χ4v) is 3.50. The molecule has 1 aliphatic rings. The van der Waals surface area contributed by atoms with Crippen molar-refractivity contribution in [1.82, 2.24) is 0 Å². The number of ketones is 1. The van der Waals surface area contributed by atoms with Crippen LogP contribution in [0.2, 0.25) is 0 Å². The minimum atomic E-state index is -0.733. The Balaban J connectivity index is 2.28. The molecule has 0 aliphatic heterocycles. The summed E-state index contributed by atoms with van der Waals surface area (Å²) in [5.41, 5.74) is 0. The van der Waals surface area contributed by atoms with Crippen molar-refractivity contribution in [2.24, 2.45) is 11.8 Å². The number of carbonyl (C=O) groups is 2. The molecule has 0 radical (unpaired) electrons. The van der Waals surface area contributed by atoms with Crippen LogP contribution >= 0.6 is 0 Å². The Bertz CT molecular complexity index is 402. The Morgan fingerprint density at radius 2 is 1.96 bits per heavy atom. The highest BCUT2D eigenvalue weighted by molar-refractivity contribution is 5.83. The second-order valence-electron chi connectivity index (χ2n) is 7.07. The molecule has 0 aromatic carbocycles. The molecule has 2 N–H and O–H groups in total. The number of Topliss-reactive ketones (excluding diaryl/α,β-unsaturated/α-hetero) is 1. The summed E-state index contributed by atoms with van der Waals surface area (Å²) in [5.74, 6) is 0.000218. The highest BCUT2D eigenvalue weighted by Crippen LogP contribution is 2.34. The van der Waals surface area contributed by atoms with E-state index >= 15 is 0 Å². The molecule has 1 rings (SSSR count). The largest absolute Gasteiger partial charge is 0.481 e. The third-order valence-electron chi connectivity index (χ3n) is 4.99. The molecule has 3 atom stereocenters. The number of carbonyl (C=O) groups excluding carboxylic acids is 1. The Labute approximate surface area is 146 Å². The zero-order valence-corrected chi connectivity index (χ0v) is 15.1. The summed E-state index contributed by atoms with van der Waals surface area (Å²) in [6.45, 7) is 2.15. The lowest BCUT2D eigenvalue weighted by molar-refractivity contribution is -0.137. The number of allylic oxidation sites excluding steroid dienone is 1. The van der Waals surface area contributed by atoms with Crippen LogP contribution in [0, 0.1) is 11.8 Å². The van der Waals surface area contributed by atoms with Crippen molar-refractivity contribution in [3.63, 3.8) is 0 Å². The molecule has 138 valence electrons. The average Bonchev–Trinajstić information content (AvgIpc) is 2.89. The molecule has 24 heavy (non-hydrogen) atoms. The van der Waals surface area contributed by atoms with Crippen LogP contribution in [-0.2, 0) is 9.59 Å². The topological polar surface area (TPSA) is 74.6 Å². The van der Waals surface area contributed by atoms with Crippen molar-refractivity contribution in [2.45, 2.75) is 90.1 Å². The summed E-state index contributed by atoms with van der Waals surface area (Å²) in [5, 5.41) is 18.6. The normalized spacial score (nSPS) is 22.3. The van der Waals surface area contributed by atoms with Crippen molar-refractivity contribution < 1.29 is 19.8 Å². The van der Waals surface area contributed by atoms with Gasteiger partial charge in [0.15, 0.2) is 0 Å². The van der Waals surface area contributed by atoms with Gasteiger partial charge >= 0.3 is 5.97 Å². The summed E-state index contributed by atoms with van der Waals surface area (Å²) < 4.78 is 0. The maximum atomic E-state index is 12.1. The number of aliphatic hydroxyl groups is 1. The van der Waals surface area contributed by atoms with Crippen LogP contribution in [-0.4, -0.2) is 28.1 Å². The summed E-state index contributed by atoms with van der Waals surface area (Å²) in [7, 11) is 0. The summed E-state index contributed by atoms with van der Waals surface area (Å²) in [4.78, 5) is 22.5. The highest BCUT2D eigenvalue weighted by atomic mass is 16.4. The quantitative estimate of drug-likeness (QED) is 0.383. The maximum absolute atomic E-state index is 12.1. The lowest BCUT2D eigenvalue weighted by Gasteiger charge is -2.15. The fourth-order valence-electron chi connectivity index (χ4n) is 3.50. The second kappa shape index (κ2) is 12.2. The van der Waals surface area contributed by atoms with Crippen molar-refractivity contribution in [3.05, 3.63) is 12.2 Å². The first kappa shape index (κ1) is 20.9. The number of carboxylic acids is 1. The Kier molecular flexibility index (Phi) is 10.6. The van der Waals surface area contributed by atoms with E-state index in [4.69, 9.17) is 5.11 Å². The van der Waals surface area contributed by atoms with E-state index in [9.17, 15) is 14.7 Å². The number of aliphatic hydroxyl groups excluding tert-OH is 1. The van der Waals surface area contributed by atoms with Gasteiger partial charge in [0.1, 0.15) is 5.78 Å². The molecule has 1 aliphatic carbocycles. The van der Waals surface area contributed by atoms with E-state index in [1.54, 1.807) is 0 Å². The molecule has 0 aromatic rings. The Morgan fingerprint density at radius 3 is 2.67 bits per heavy atom. The van der Waals surface area contributed by atoms with Crippen LogP contribution in [0.5, 0.6) is 0 Å². The molecule has 1 saturated carbocycles. The van der Waals surface area contributed by atoms with E-state index < -0.39 is 5.97 Å². The zero-order valence-electron chi connectivity index (χ0n) is 15.1. The van der Waals surface area contributed by atoms with Gasteiger partial charge < -0.3 is 10.2 Å². The molecule has 0 heterocycles. The van der Waals surface area contributed by atoms with Gasteiger partial charge in [-0.25, -0.2) is 0 Å². The van der Waals surface area contributed by atoms with Crippen molar-refractivity contribution in [1.29, 1.82) is 0 Å². The van der Waals surface area contributed by atoms with Crippen LogP contribution < -0.4 is 0 Å². The molecular formula is C20H34O4. The monoisotopic (exact) mass is 338 g/mol. The van der Waals surface area contributed by atoms with E-state index in [-0.39, 0.29) is 24.4 Å². The number of unbranched alkanes of at least 4 members (excludes halogenated alkanes) is 5. The fraction of sp³-hybridized carbons (Fsp3) is 0.800. The van der Waals surface area contributed by atoms with Gasteiger partial charge in [0.05, 0.1) is 6.10 Å². The van der Waals surface area contributed by atoms with Gasteiger partial charge in [0.25, 0.3) is 0 Å². The van der Waals surface area contributed by atoms with E-state index in [1.165, 1.54) is 0 Å². The molecular weight excluding hydrogens is 304 g/mol. The van der Waals surface area contributed by atoms with Gasteiger partial charge in [0.2, 0.25) is 0 Å². The van der Waals surface area contributed by atoms with Crippen LogP contribution in [0.25, 0.3) is 0 Å². The first-order chi connectivity index (χ1) is 11.5. The molecule has 4 nitrogen and oxygen atoms in total. The zero-order chi connectivity index (χ0) is 17.8.